The van der Waals surface area contributed by atoms with E-state index in [-0.39, 0.29) is 0 Å². The van der Waals surface area contributed by atoms with Crippen molar-refractivity contribution in [3.63, 3.8) is 0 Å². The number of nitrogens with one attached hydrogen (secondary N) is 1. The van der Waals surface area contributed by atoms with E-state index >= 15 is 0 Å². The van der Waals surface area contributed by atoms with Gasteiger partial charge in [0.15, 0.2) is 6.23 Å². The molecule has 1 atom stereocenters. The fraction of sp³-hybridized carbons (Fsp3) is 0.429. The van der Waals surface area contributed by atoms with Crippen LogP contribution >= 0.6 is 0 Å². The first-order chi connectivity index (χ1) is 6.27. The van der Waals surface area contributed by atoms with Crippen LogP contribution in [0.1, 0.15) is 12.6 Å². The summed E-state index contributed by atoms with van der Waals surface area (Å²) in [7, 11) is 0. The zero-order chi connectivity index (χ0) is 9.26. The molecule has 0 aromatic carbocycles. The number of rotatable bonds is 1. The summed E-state index contributed by atoms with van der Waals surface area (Å²) in [5, 5.41) is 0. The lowest BCUT2D eigenvalue weighted by molar-refractivity contribution is -0.292. The van der Waals surface area contributed by atoms with Crippen LogP contribution in [0.4, 0.5) is 0 Å². The highest BCUT2D eigenvalue weighted by atomic mass is 17.2. The molecule has 1 aliphatic heterocycles. The minimum atomic E-state index is -0.483. The summed E-state index contributed by atoms with van der Waals surface area (Å²) in [5.74, 6) is 0. The highest BCUT2D eigenvalue weighted by Crippen LogP contribution is 2.17. The molecule has 0 saturated carbocycles. The number of hydrogen-bond acceptors (Lipinski definition) is 4. The fourth-order valence-electron chi connectivity index (χ4n) is 1.16. The van der Waals surface area contributed by atoms with Crippen LogP contribution in [0.3, 0.4) is 0 Å². The van der Waals surface area contributed by atoms with E-state index in [9.17, 15) is 9.59 Å². The summed E-state index contributed by atoms with van der Waals surface area (Å²) in [4.78, 5) is 33.5. The van der Waals surface area contributed by atoms with Gasteiger partial charge in [0.25, 0.3) is 5.56 Å². The number of aromatic amines is 1. The van der Waals surface area contributed by atoms with Gasteiger partial charge in [-0.15, -0.1) is 0 Å². The van der Waals surface area contributed by atoms with Crippen molar-refractivity contribution in [2.75, 3.05) is 6.61 Å². The Bertz CT molecular complexity index is 401. The molecule has 6 heteroatoms. The molecule has 13 heavy (non-hydrogen) atoms. The predicted octanol–water partition coefficient (Wildman–Crippen LogP) is -0.613. The third kappa shape index (κ3) is 1.53. The van der Waals surface area contributed by atoms with Gasteiger partial charge in [-0.3, -0.25) is 14.3 Å². The van der Waals surface area contributed by atoms with Gasteiger partial charge in [0.05, 0.1) is 6.61 Å². The molecule has 1 N–H and O–H groups in total. The molecule has 0 bridgehead atoms. The average Bonchev–Trinajstić information content (AvgIpc) is 2.56. The Morgan fingerprint density at radius 1 is 1.54 bits per heavy atom. The quantitative estimate of drug-likeness (QED) is 0.591. The summed E-state index contributed by atoms with van der Waals surface area (Å²) in [6, 6.07) is 1.27. The average molecular weight is 184 g/mol. The summed E-state index contributed by atoms with van der Waals surface area (Å²) in [6.45, 7) is 0.455. The molecule has 1 unspecified atom stereocenters. The second kappa shape index (κ2) is 3.15. The lowest BCUT2D eigenvalue weighted by atomic mass is 10.4. The molecule has 0 aliphatic carbocycles. The lowest BCUT2D eigenvalue weighted by Gasteiger charge is -2.08. The Balaban J connectivity index is 2.40. The van der Waals surface area contributed by atoms with E-state index < -0.39 is 17.5 Å². The highest BCUT2D eigenvalue weighted by Gasteiger charge is 2.19. The molecule has 1 saturated heterocycles. The first-order valence-electron chi connectivity index (χ1n) is 3.87. The Labute approximate surface area is 72.6 Å². The van der Waals surface area contributed by atoms with E-state index in [1.54, 1.807) is 0 Å². The van der Waals surface area contributed by atoms with Crippen LogP contribution in [-0.4, -0.2) is 16.2 Å². The van der Waals surface area contributed by atoms with Gasteiger partial charge < -0.3 is 0 Å². The molecular formula is C7H8N2O4. The van der Waals surface area contributed by atoms with E-state index in [0.717, 1.165) is 0 Å². The van der Waals surface area contributed by atoms with Gasteiger partial charge in [-0.1, -0.05) is 0 Å². The van der Waals surface area contributed by atoms with E-state index in [4.69, 9.17) is 4.89 Å². The predicted molar refractivity (Wildman–Crippen MR) is 42.0 cm³/mol. The van der Waals surface area contributed by atoms with Crippen molar-refractivity contribution in [1.82, 2.24) is 9.55 Å². The van der Waals surface area contributed by atoms with Crippen LogP contribution in [0.2, 0.25) is 0 Å². The van der Waals surface area contributed by atoms with E-state index in [1.807, 2.05) is 0 Å². The molecule has 0 radical (unpaired) electrons. The van der Waals surface area contributed by atoms with Crippen LogP contribution in [0, 0.1) is 0 Å². The van der Waals surface area contributed by atoms with Gasteiger partial charge in [-0.25, -0.2) is 14.6 Å². The van der Waals surface area contributed by atoms with Crippen molar-refractivity contribution in [2.24, 2.45) is 0 Å². The Morgan fingerprint density at radius 3 is 3.00 bits per heavy atom. The fourth-order valence-corrected chi connectivity index (χ4v) is 1.16. The zero-order valence-corrected chi connectivity index (χ0v) is 6.73. The SMILES string of the molecule is O=c1ccn(C2CCOO2)c(=O)[nH]1. The van der Waals surface area contributed by atoms with Crippen molar-refractivity contribution in [3.05, 3.63) is 33.1 Å². The van der Waals surface area contributed by atoms with Crippen molar-refractivity contribution in [1.29, 1.82) is 0 Å². The largest absolute Gasteiger partial charge is 0.330 e. The van der Waals surface area contributed by atoms with E-state index in [1.165, 1.54) is 16.8 Å². The lowest BCUT2D eigenvalue weighted by Crippen LogP contribution is -2.31. The van der Waals surface area contributed by atoms with Crippen LogP contribution in [-0.2, 0) is 9.78 Å². The van der Waals surface area contributed by atoms with Crippen molar-refractivity contribution < 1.29 is 9.78 Å². The molecule has 1 aliphatic rings. The number of H-pyrrole nitrogens is 1. The number of hydrogen-bond donors (Lipinski definition) is 1. The van der Waals surface area contributed by atoms with Crippen molar-refractivity contribution in [3.8, 4) is 0 Å². The Morgan fingerprint density at radius 2 is 2.38 bits per heavy atom. The maximum atomic E-state index is 11.2. The van der Waals surface area contributed by atoms with Gasteiger partial charge in [-0.05, 0) is 0 Å². The molecule has 2 rings (SSSR count). The zero-order valence-electron chi connectivity index (χ0n) is 6.73. The maximum Gasteiger partial charge on any atom is 0.330 e. The third-order valence-electron chi connectivity index (χ3n) is 1.79. The van der Waals surface area contributed by atoms with Crippen LogP contribution in [0.5, 0.6) is 0 Å². The summed E-state index contributed by atoms with van der Waals surface area (Å²) < 4.78 is 1.29. The van der Waals surface area contributed by atoms with Crippen molar-refractivity contribution >= 4 is 0 Å². The molecule has 2 heterocycles. The monoisotopic (exact) mass is 184 g/mol. The van der Waals surface area contributed by atoms with E-state index in [0.29, 0.717) is 13.0 Å². The topological polar surface area (TPSA) is 73.3 Å². The second-order valence-electron chi connectivity index (χ2n) is 2.68. The maximum absolute atomic E-state index is 11.2. The minimum absolute atomic E-state index is 0.417. The first-order valence-corrected chi connectivity index (χ1v) is 3.87. The number of nitrogens with zero attached hydrogens (tertiary/aromatic N) is 1. The van der Waals surface area contributed by atoms with Gasteiger partial charge in [0.2, 0.25) is 0 Å². The standard InChI is InChI=1S/C7H8N2O4/c10-5-1-3-9(7(11)8-5)6-2-4-12-13-6/h1,3,6H,2,4H2,(H,8,10,11). The third-order valence-corrected chi connectivity index (χ3v) is 1.79. The smallest absolute Gasteiger partial charge is 0.274 e. The van der Waals surface area contributed by atoms with Gasteiger partial charge in [0, 0.05) is 18.7 Å². The minimum Gasteiger partial charge on any atom is -0.274 e. The van der Waals surface area contributed by atoms with Gasteiger partial charge in [-0.2, -0.15) is 0 Å². The number of aromatic nitrogens is 2. The van der Waals surface area contributed by atoms with E-state index in [2.05, 4.69) is 9.87 Å². The molecule has 1 aromatic rings. The molecule has 1 fully saturated rings. The summed E-state index contributed by atoms with van der Waals surface area (Å²) >= 11 is 0. The Hall–Kier alpha value is -1.40. The molecule has 70 valence electrons. The molecule has 6 nitrogen and oxygen atoms in total. The molecule has 0 spiro atoms. The summed E-state index contributed by atoms with van der Waals surface area (Å²) in [6.07, 6.45) is 1.57. The molecule has 1 aromatic heterocycles. The van der Waals surface area contributed by atoms with Crippen LogP contribution < -0.4 is 11.2 Å². The van der Waals surface area contributed by atoms with Crippen LogP contribution in [0.15, 0.2) is 21.9 Å². The van der Waals surface area contributed by atoms with Gasteiger partial charge >= 0.3 is 5.69 Å². The van der Waals surface area contributed by atoms with Crippen LogP contribution in [0.25, 0.3) is 0 Å². The highest BCUT2D eigenvalue weighted by molar-refractivity contribution is 4.84. The normalized spacial score (nSPS) is 22.0. The molecular weight excluding hydrogens is 176 g/mol. The molecule has 0 amide bonds. The van der Waals surface area contributed by atoms with Crippen molar-refractivity contribution in [2.45, 2.75) is 12.6 Å². The summed E-state index contributed by atoms with van der Waals surface area (Å²) in [5.41, 5.74) is -0.900. The second-order valence-corrected chi connectivity index (χ2v) is 2.68. The Kier molecular flexibility index (Phi) is 1.99. The first kappa shape index (κ1) is 8.21. The van der Waals surface area contributed by atoms with Gasteiger partial charge in [0.1, 0.15) is 0 Å².